The van der Waals surface area contributed by atoms with Gasteiger partial charge in [-0.1, -0.05) is 60.7 Å². The maximum absolute atomic E-state index is 13.3. The van der Waals surface area contributed by atoms with Gasteiger partial charge >= 0.3 is 0 Å². The van der Waals surface area contributed by atoms with Gasteiger partial charge in [-0.3, -0.25) is 0 Å². The number of benzene rings is 2. The average Bonchev–Trinajstić information content (AvgIpc) is 2.68. The second-order valence-corrected chi connectivity index (χ2v) is 10.2. The molecule has 1 aliphatic heterocycles. The number of rotatable bonds is 6. The molecule has 0 aliphatic carbocycles. The summed E-state index contributed by atoms with van der Waals surface area (Å²) >= 11 is 0. The Morgan fingerprint density at radius 1 is 1.07 bits per heavy atom. The van der Waals surface area contributed by atoms with Crippen LogP contribution in [0.15, 0.2) is 60.7 Å². The van der Waals surface area contributed by atoms with Crippen LogP contribution in [0.5, 0.6) is 0 Å². The molecular formula is C22H29NO4S. The van der Waals surface area contributed by atoms with Crippen molar-refractivity contribution in [3.63, 3.8) is 0 Å². The molecule has 152 valence electrons. The van der Waals surface area contributed by atoms with Gasteiger partial charge in [0.2, 0.25) is 10.0 Å². The smallest absolute Gasteiger partial charge is 0.217 e. The van der Waals surface area contributed by atoms with E-state index in [2.05, 4.69) is 0 Å². The van der Waals surface area contributed by atoms with Crippen LogP contribution in [-0.4, -0.2) is 43.5 Å². The van der Waals surface area contributed by atoms with Crippen LogP contribution in [0.3, 0.4) is 0 Å². The molecule has 2 aromatic carbocycles. The predicted octanol–water partition coefficient (Wildman–Crippen LogP) is 3.77. The molecule has 0 saturated carbocycles. The lowest BCUT2D eigenvalue weighted by Crippen LogP contribution is -2.54. The summed E-state index contributed by atoms with van der Waals surface area (Å²) in [6.45, 7) is 5.74. The Labute approximate surface area is 168 Å². The molecule has 0 N–H and O–H groups in total. The molecule has 2 aromatic rings. The van der Waals surface area contributed by atoms with Crippen LogP contribution in [0.4, 0.5) is 0 Å². The van der Waals surface area contributed by atoms with E-state index in [1.165, 1.54) is 4.31 Å². The second kappa shape index (κ2) is 8.33. The fourth-order valence-electron chi connectivity index (χ4n) is 3.54. The molecular weight excluding hydrogens is 374 g/mol. The lowest BCUT2D eigenvalue weighted by molar-refractivity contribution is -0.291. The maximum atomic E-state index is 13.3. The van der Waals surface area contributed by atoms with Crippen LogP contribution in [-0.2, 0) is 25.9 Å². The van der Waals surface area contributed by atoms with Crippen molar-refractivity contribution in [3.8, 4) is 0 Å². The summed E-state index contributed by atoms with van der Waals surface area (Å²) in [5.41, 5.74) is 1.95. The first-order chi connectivity index (χ1) is 13.2. The summed E-state index contributed by atoms with van der Waals surface area (Å²) in [5.74, 6) is -0.767. The van der Waals surface area contributed by atoms with Crippen LogP contribution in [0.2, 0.25) is 0 Å². The van der Waals surface area contributed by atoms with Crippen molar-refractivity contribution >= 4 is 10.0 Å². The topological polar surface area (TPSA) is 55.8 Å². The molecule has 6 heteroatoms. The zero-order valence-corrected chi connectivity index (χ0v) is 17.7. The molecule has 1 fully saturated rings. The molecule has 0 aromatic heterocycles. The third kappa shape index (κ3) is 4.63. The third-order valence-corrected chi connectivity index (χ3v) is 7.49. The van der Waals surface area contributed by atoms with Crippen molar-refractivity contribution in [3.05, 3.63) is 71.8 Å². The molecule has 1 aliphatic rings. The van der Waals surface area contributed by atoms with E-state index < -0.39 is 33.2 Å². The van der Waals surface area contributed by atoms with Gasteiger partial charge in [-0.05, 0) is 38.3 Å². The largest absolute Gasteiger partial charge is 0.349 e. The highest BCUT2D eigenvalue weighted by atomic mass is 32.2. The van der Waals surface area contributed by atoms with Gasteiger partial charge in [-0.15, -0.1) is 0 Å². The predicted molar refractivity (Wildman–Crippen MR) is 110 cm³/mol. The summed E-state index contributed by atoms with van der Waals surface area (Å²) in [4.78, 5) is 0. The highest BCUT2D eigenvalue weighted by molar-refractivity contribution is 7.89. The zero-order chi connectivity index (χ0) is 20.4. The quantitative estimate of drug-likeness (QED) is 0.737. The first-order valence-electron chi connectivity index (χ1n) is 9.58. The minimum atomic E-state index is -3.54. The Morgan fingerprint density at radius 2 is 1.64 bits per heavy atom. The van der Waals surface area contributed by atoms with Crippen molar-refractivity contribution < 1.29 is 17.9 Å². The number of hydrogen-bond acceptors (Lipinski definition) is 4. The Bertz CT molecular complexity index is 868. The van der Waals surface area contributed by atoms with E-state index in [1.807, 2.05) is 74.5 Å². The van der Waals surface area contributed by atoms with Crippen molar-refractivity contribution in [1.29, 1.82) is 0 Å². The highest BCUT2D eigenvalue weighted by Crippen LogP contribution is 2.36. The first kappa shape index (κ1) is 21.0. The molecule has 1 heterocycles. The maximum Gasteiger partial charge on any atom is 0.217 e. The Morgan fingerprint density at radius 3 is 2.25 bits per heavy atom. The summed E-state index contributed by atoms with van der Waals surface area (Å²) in [7, 11) is -1.91. The van der Waals surface area contributed by atoms with E-state index in [1.54, 1.807) is 14.0 Å². The summed E-state index contributed by atoms with van der Waals surface area (Å²) < 4.78 is 40.0. The van der Waals surface area contributed by atoms with Crippen LogP contribution >= 0.6 is 0 Å². The van der Waals surface area contributed by atoms with Crippen molar-refractivity contribution in [2.75, 3.05) is 13.7 Å². The van der Waals surface area contributed by atoms with Gasteiger partial charge in [-0.25, -0.2) is 8.42 Å². The van der Waals surface area contributed by atoms with Crippen LogP contribution in [0, 0.1) is 0 Å². The minimum absolute atomic E-state index is 0.278. The number of sulfonamides is 1. The summed E-state index contributed by atoms with van der Waals surface area (Å²) in [6.07, 6.45) is 0.0670. The molecule has 3 atom stereocenters. The van der Waals surface area contributed by atoms with Gasteiger partial charge in [-0.2, -0.15) is 4.31 Å². The van der Waals surface area contributed by atoms with Gasteiger partial charge in [0.05, 0.1) is 17.9 Å². The molecule has 3 rings (SSSR count). The molecule has 5 nitrogen and oxygen atoms in total. The lowest BCUT2D eigenvalue weighted by Gasteiger charge is -2.44. The number of hydrogen-bond donors (Lipinski definition) is 0. The standard InChI is InChI=1S/C22H29NO4S/c1-17(15-18-11-7-5-8-12-18)28(24,25)23(4)20-16-26-22(2,3)27-21(20)19-13-9-6-10-14-19/h5-14,17,20-21H,15-16H2,1-4H3/t17-,20+,21+/m1/s1. The lowest BCUT2D eigenvalue weighted by atomic mass is 10.0. The number of likely N-dealkylation sites (N-methyl/N-ethyl adjacent to an activating group) is 1. The molecule has 0 bridgehead atoms. The fraction of sp³-hybridized carbons (Fsp3) is 0.455. The molecule has 28 heavy (non-hydrogen) atoms. The van der Waals surface area contributed by atoms with E-state index >= 15 is 0 Å². The van der Waals surface area contributed by atoms with Crippen molar-refractivity contribution in [2.45, 2.75) is 50.4 Å². The van der Waals surface area contributed by atoms with Crippen LogP contribution in [0.25, 0.3) is 0 Å². The Hall–Kier alpha value is -1.73. The van der Waals surface area contributed by atoms with Gasteiger partial charge in [0, 0.05) is 7.05 Å². The molecule has 0 unspecified atom stereocenters. The fourth-order valence-corrected chi connectivity index (χ4v) is 5.06. The normalized spacial score (nSPS) is 23.5. The van der Waals surface area contributed by atoms with E-state index in [0.29, 0.717) is 6.42 Å². The summed E-state index contributed by atoms with van der Waals surface area (Å²) in [6, 6.07) is 19.0. The monoisotopic (exact) mass is 403 g/mol. The highest BCUT2D eigenvalue weighted by Gasteiger charge is 2.43. The number of nitrogens with zero attached hydrogens (tertiary/aromatic N) is 1. The van der Waals surface area contributed by atoms with E-state index in [4.69, 9.17) is 9.47 Å². The molecule has 0 amide bonds. The van der Waals surface area contributed by atoms with Gasteiger partial charge < -0.3 is 9.47 Å². The van der Waals surface area contributed by atoms with E-state index in [9.17, 15) is 8.42 Å². The van der Waals surface area contributed by atoms with Gasteiger partial charge in [0.1, 0.15) is 6.10 Å². The molecule has 0 radical (unpaired) electrons. The van der Waals surface area contributed by atoms with Gasteiger partial charge in [0.25, 0.3) is 0 Å². The first-order valence-corrected chi connectivity index (χ1v) is 11.1. The average molecular weight is 404 g/mol. The Kier molecular flexibility index (Phi) is 6.25. The number of ether oxygens (including phenoxy) is 2. The zero-order valence-electron chi connectivity index (χ0n) is 16.9. The molecule has 0 spiro atoms. The summed E-state index contributed by atoms with van der Waals surface area (Å²) in [5, 5.41) is -0.550. The van der Waals surface area contributed by atoms with E-state index in [-0.39, 0.29) is 6.61 Å². The van der Waals surface area contributed by atoms with Crippen LogP contribution < -0.4 is 0 Å². The van der Waals surface area contributed by atoms with Crippen molar-refractivity contribution in [2.24, 2.45) is 0 Å². The Balaban J connectivity index is 1.84. The van der Waals surface area contributed by atoms with Crippen molar-refractivity contribution in [1.82, 2.24) is 4.31 Å². The van der Waals surface area contributed by atoms with Crippen LogP contribution in [0.1, 0.15) is 38.0 Å². The molecule has 1 saturated heterocycles. The SMILES string of the molecule is C[C@H](Cc1ccccc1)S(=O)(=O)N(C)[C@H]1COC(C)(C)O[C@H]1c1ccccc1. The van der Waals surface area contributed by atoms with E-state index in [0.717, 1.165) is 11.1 Å². The second-order valence-electron chi connectivity index (χ2n) is 7.79. The minimum Gasteiger partial charge on any atom is -0.349 e. The van der Waals surface area contributed by atoms with Gasteiger partial charge in [0.15, 0.2) is 5.79 Å². The third-order valence-electron chi connectivity index (χ3n) is 5.23.